The third-order valence-electron chi connectivity index (χ3n) is 13.6. The van der Waals surface area contributed by atoms with Gasteiger partial charge in [-0.1, -0.05) is 301 Å². The van der Waals surface area contributed by atoms with Crippen molar-refractivity contribution in [3.05, 3.63) is 146 Å². The second-order valence-corrected chi connectivity index (χ2v) is 21.1. The van der Waals surface area contributed by atoms with Gasteiger partial charge in [-0.25, -0.2) is 0 Å². The molecule has 442 valence electrons. The first kappa shape index (κ1) is 73.8. The molecule has 0 rings (SSSR count). The van der Waals surface area contributed by atoms with Gasteiger partial charge in [-0.3, -0.25) is 9.59 Å². The van der Waals surface area contributed by atoms with Crippen molar-refractivity contribution < 1.29 is 24.2 Å². The first-order valence-electron chi connectivity index (χ1n) is 32.4. The summed E-state index contributed by atoms with van der Waals surface area (Å²) in [6.07, 6.45) is 101. The smallest absolute Gasteiger partial charge is 0.306 e. The van der Waals surface area contributed by atoms with E-state index in [0.29, 0.717) is 12.8 Å². The minimum Gasteiger partial charge on any atom is -0.462 e. The van der Waals surface area contributed by atoms with Crippen molar-refractivity contribution in [2.45, 2.75) is 290 Å². The average Bonchev–Trinajstić information content (AvgIpc) is 3.44. The number of carbonyl (C=O) groups is 2. The Morgan fingerprint density at radius 2 is 0.513 bits per heavy atom. The number of rotatable bonds is 58. The van der Waals surface area contributed by atoms with Crippen molar-refractivity contribution >= 4 is 11.9 Å². The van der Waals surface area contributed by atoms with E-state index in [9.17, 15) is 14.7 Å². The van der Waals surface area contributed by atoms with E-state index in [-0.39, 0.29) is 25.2 Å². The molecule has 0 saturated carbocycles. The molecule has 0 aromatic heterocycles. The van der Waals surface area contributed by atoms with Crippen LogP contribution in [0.25, 0.3) is 0 Å². The van der Waals surface area contributed by atoms with Crippen molar-refractivity contribution in [3.63, 3.8) is 0 Å². The highest BCUT2D eigenvalue weighted by molar-refractivity contribution is 5.70. The highest BCUT2D eigenvalue weighted by atomic mass is 16.6. The van der Waals surface area contributed by atoms with Crippen molar-refractivity contribution in [1.29, 1.82) is 0 Å². The molecule has 0 heterocycles. The minimum absolute atomic E-state index is 0.0824. The van der Waals surface area contributed by atoms with Crippen LogP contribution in [0.1, 0.15) is 284 Å². The third-order valence-corrected chi connectivity index (χ3v) is 13.6. The fourth-order valence-electron chi connectivity index (χ4n) is 8.86. The number of carbonyl (C=O) groups excluding carboxylic acids is 2. The number of aliphatic hydroxyl groups is 1. The predicted octanol–water partition coefficient (Wildman–Crippen LogP) is 22.5. The molecule has 1 unspecified atom stereocenters. The summed E-state index contributed by atoms with van der Waals surface area (Å²) in [5.74, 6) is -0.620. The Kier molecular flexibility index (Phi) is 63.4. The quantitative estimate of drug-likeness (QED) is 0.0373. The van der Waals surface area contributed by atoms with Crippen molar-refractivity contribution in [2.75, 3.05) is 13.2 Å². The van der Waals surface area contributed by atoms with E-state index >= 15 is 0 Å². The summed E-state index contributed by atoms with van der Waals surface area (Å²) in [4.78, 5) is 24.6. The Balaban J connectivity index is 3.53. The number of esters is 2. The zero-order chi connectivity index (χ0) is 56.2. The van der Waals surface area contributed by atoms with Crippen LogP contribution in [-0.2, 0) is 19.1 Å². The maximum absolute atomic E-state index is 12.3. The van der Waals surface area contributed by atoms with Gasteiger partial charge in [0.1, 0.15) is 6.61 Å². The number of ether oxygens (including phenoxy) is 2. The second kappa shape index (κ2) is 67.1. The van der Waals surface area contributed by atoms with Gasteiger partial charge in [0.2, 0.25) is 0 Å². The van der Waals surface area contributed by atoms with Crippen LogP contribution in [0.3, 0.4) is 0 Å². The lowest BCUT2D eigenvalue weighted by molar-refractivity contribution is -0.161. The molecule has 5 nitrogen and oxygen atoms in total. The summed E-state index contributed by atoms with van der Waals surface area (Å²) in [6.45, 7) is 3.91. The van der Waals surface area contributed by atoms with Crippen molar-refractivity contribution in [1.82, 2.24) is 0 Å². The molecule has 1 atom stereocenters. The molecule has 0 spiro atoms. The fourth-order valence-corrected chi connectivity index (χ4v) is 8.86. The highest BCUT2D eigenvalue weighted by Crippen LogP contribution is 2.17. The lowest BCUT2D eigenvalue weighted by Gasteiger charge is -2.15. The van der Waals surface area contributed by atoms with Crippen LogP contribution in [0, 0.1) is 0 Å². The van der Waals surface area contributed by atoms with Crippen LogP contribution in [-0.4, -0.2) is 36.4 Å². The van der Waals surface area contributed by atoms with E-state index in [0.717, 1.165) is 128 Å². The van der Waals surface area contributed by atoms with E-state index in [1.807, 2.05) is 0 Å². The Morgan fingerprint density at radius 1 is 0.295 bits per heavy atom. The molecule has 0 aliphatic carbocycles. The maximum Gasteiger partial charge on any atom is 0.306 e. The summed E-state index contributed by atoms with van der Waals surface area (Å²) in [5, 5.41) is 9.68. The molecular weight excluding hydrogens is 957 g/mol. The number of allylic oxidation sites excluding steroid dienone is 24. The van der Waals surface area contributed by atoms with Crippen LogP contribution < -0.4 is 0 Å². The standard InChI is InChI=1S/C73H120O5/c1-3-5-7-9-11-13-15-17-19-21-23-25-27-29-31-33-34-35-36-37-38-40-41-43-45-47-49-51-53-55-57-59-61-63-65-67-72(75)77-70-71(69-74)78-73(76)68-66-64-62-60-58-56-54-52-50-48-46-44-42-39-32-30-28-26-24-22-20-18-16-14-12-10-8-6-4-2/h5-8,11-14,17-20,23-26,30,32,42,44,48,50,54,56,71,74H,3-4,9-10,15-16,21-22,27-29,31,33-41,43,45-47,49,51-53,55,57-70H2,1-2H3/b7-5-,8-6-,13-11-,14-12-,19-17-,20-18-,25-23-,26-24-,32-30-,44-42-,50-48-,56-54-. The van der Waals surface area contributed by atoms with Gasteiger partial charge >= 0.3 is 11.9 Å². The molecule has 0 bridgehead atoms. The van der Waals surface area contributed by atoms with Crippen molar-refractivity contribution in [3.8, 4) is 0 Å². The maximum atomic E-state index is 12.3. The average molecular weight is 1080 g/mol. The molecule has 0 fully saturated rings. The first-order chi connectivity index (χ1) is 38.6. The molecule has 5 heteroatoms. The molecule has 0 saturated heterocycles. The van der Waals surface area contributed by atoms with Crippen LogP contribution in [0.4, 0.5) is 0 Å². The summed E-state index contributed by atoms with van der Waals surface area (Å²) >= 11 is 0. The second-order valence-electron chi connectivity index (χ2n) is 21.1. The molecule has 0 aromatic rings. The lowest BCUT2D eigenvalue weighted by Crippen LogP contribution is -2.28. The highest BCUT2D eigenvalue weighted by Gasteiger charge is 2.16. The van der Waals surface area contributed by atoms with E-state index in [4.69, 9.17) is 9.47 Å². The van der Waals surface area contributed by atoms with Gasteiger partial charge in [0.15, 0.2) is 6.10 Å². The van der Waals surface area contributed by atoms with Crippen LogP contribution in [0.5, 0.6) is 0 Å². The number of aliphatic hydroxyl groups excluding tert-OH is 1. The zero-order valence-electron chi connectivity index (χ0n) is 50.6. The van der Waals surface area contributed by atoms with Gasteiger partial charge in [0.25, 0.3) is 0 Å². The molecule has 0 amide bonds. The summed E-state index contributed by atoms with van der Waals surface area (Å²) in [5.41, 5.74) is 0. The zero-order valence-corrected chi connectivity index (χ0v) is 50.6. The Hall–Kier alpha value is -4.22. The van der Waals surface area contributed by atoms with Gasteiger partial charge in [0, 0.05) is 12.8 Å². The molecule has 78 heavy (non-hydrogen) atoms. The van der Waals surface area contributed by atoms with Crippen LogP contribution >= 0.6 is 0 Å². The number of hydrogen-bond donors (Lipinski definition) is 1. The van der Waals surface area contributed by atoms with E-state index < -0.39 is 6.10 Å². The fraction of sp³-hybridized carbons (Fsp3) is 0.644. The Bertz CT molecular complexity index is 1650. The number of hydrogen-bond acceptors (Lipinski definition) is 5. The molecule has 0 aromatic carbocycles. The van der Waals surface area contributed by atoms with Crippen molar-refractivity contribution in [2.24, 2.45) is 0 Å². The lowest BCUT2D eigenvalue weighted by atomic mass is 10.0. The van der Waals surface area contributed by atoms with E-state index in [1.165, 1.54) is 128 Å². The van der Waals surface area contributed by atoms with Gasteiger partial charge < -0.3 is 14.6 Å². The normalized spacial score (nSPS) is 13.2. The minimum atomic E-state index is -0.796. The Morgan fingerprint density at radius 3 is 0.769 bits per heavy atom. The topological polar surface area (TPSA) is 72.8 Å². The summed E-state index contributed by atoms with van der Waals surface area (Å²) in [7, 11) is 0. The first-order valence-corrected chi connectivity index (χ1v) is 32.4. The third kappa shape index (κ3) is 64.3. The van der Waals surface area contributed by atoms with Crippen LogP contribution in [0.15, 0.2) is 146 Å². The monoisotopic (exact) mass is 1080 g/mol. The summed E-state index contributed by atoms with van der Waals surface area (Å²) in [6, 6.07) is 0. The molecule has 0 radical (unpaired) electrons. The van der Waals surface area contributed by atoms with Gasteiger partial charge in [-0.15, -0.1) is 0 Å². The largest absolute Gasteiger partial charge is 0.462 e. The SMILES string of the molecule is CC/C=C\C/C=C\C/C=C\C/C=C\C/C=C\C/C=C\C/C=C\C/C=C\CCCCCCC(=O)OC(CO)COC(=O)CCCCCCCCCCCCCCCCCCCCCCCC/C=C\C/C=C\C/C=C\C/C=C\CC. The number of unbranched alkanes of at least 4 members (excludes halogenated alkanes) is 26. The summed E-state index contributed by atoms with van der Waals surface area (Å²) < 4.78 is 10.7. The van der Waals surface area contributed by atoms with Gasteiger partial charge in [-0.2, -0.15) is 0 Å². The Labute approximate surface area is 482 Å². The van der Waals surface area contributed by atoms with Gasteiger partial charge in [-0.05, 0) is 116 Å². The predicted molar refractivity (Wildman–Crippen MR) is 343 cm³/mol. The molecule has 0 aliphatic rings. The van der Waals surface area contributed by atoms with Crippen LogP contribution in [0.2, 0.25) is 0 Å². The van der Waals surface area contributed by atoms with E-state index in [1.54, 1.807) is 0 Å². The van der Waals surface area contributed by atoms with E-state index in [2.05, 4.69) is 160 Å². The van der Waals surface area contributed by atoms with Gasteiger partial charge in [0.05, 0.1) is 6.61 Å². The molecular formula is C73H120O5. The molecule has 1 N–H and O–H groups in total. The molecule has 0 aliphatic heterocycles.